The van der Waals surface area contributed by atoms with Crippen LogP contribution in [0.3, 0.4) is 0 Å². The SMILES string of the molecule is Cc1onc(C=Cc2cccc3ccccc23)c1[N+](=O)[O-]. The van der Waals surface area contributed by atoms with Crippen molar-refractivity contribution in [1.82, 2.24) is 5.16 Å². The zero-order chi connectivity index (χ0) is 14.8. The molecule has 0 radical (unpaired) electrons. The predicted molar refractivity (Wildman–Crippen MR) is 80.8 cm³/mol. The van der Waals surface area contributed by atoms with Crippen LogP contribution in [0.15, 0.2) is 47.0 Å². The molecule has 0 amide bonds. The summed E-state index contributed by atoms with van der Waals surface area (Å²) in [4.78, 5) is 10.5. The van der Waals surface area contributed by atoms with Crippen LogP contribution in [0.2, 0.25) is 0 Å². The van der Waals surface area contributed by atoms with E-state index in [4.69, 9.17) is 4.52 Å². The Morgan fingerprint density at radius 3 is 2.71 bits per heavy atom. The molecule has 0 aliphatic carbocycles. The molecule has 0 spiro atoms. The minimum atomic E-state index is -0.478. The molecule has 0 saturated carbocycles. The Labute approximate surface area is 120 Å². The van der Waals surface area contributed by atoms with Crippen molar-refractivity contribution in [2.24, 2.45) is 0 Å². The Morgan fingerprint density at radius 1 is 1.14 bits per heavy atom. The highest BCUT2D eigenvalue weighted by Crippen LogP contribution is 2.25. The lowest BCUT2D eigenvalue weighted by molar-refractivity contribution is -0.386. The molecule has 0 bridgehead atoms. The van der Waals surface area contributed by atoms with Crippen molar-refractivity contribution < 1.29 is 9.45 Å². The number of aryl methyl sites for hydroxylation is 1. The number of rotatable bonds is 3. The molecule has 0 unspecified atom stereocenters. The lowest BCUT2D eigenvalue weighted by Gasteiger charge is -2.01. The van der Waals surface area contributed by atoms with Crippen LogP contribution in [-0.4, -0.2) is 10.1 Å². The molecule has 3 aromatic rings. The third kappa shape index (κ3) is 2.41. The molecular formula is C16H12N2O3. The maximum absolute atomic E-state index is 11.0. The molecule has 104 valence electrons. The monoisotopic (exact) mass is 280 g/mol. The molecule has 1 aromatic heterocycles. The Kier molecular flexibility index (Phi) is 3.23. The van der Waals surface area contributed by atoms with Gasteiger partial charge in [0.2, 0.25) is 5.76 Å². The van der Waals surface area contributed by atoms with Gasteiger partial charge in [-0.15, -0.1) is 0 Å². The van der Waals surface area contributed by atoms with Crippen LogP contribution >= 0.6 is 0 Å². The first-order valence-corrected chi connectivity index (χ1v) is 6.43. The van der Waals surface area contributed by atoms with Crippen LogP contribution < -0.4 is 0 Å². The highest BCUT2D eigenvalue weighted by Gasteiger charge is 2.21. The molecule has 0 N–H and O–H groups in total. The lowest BCUT2D eigenvalue weighted by Crippen LogP contribution is -1.90. The smallest absolute Gasteiger partial charge is 0.338 e. The summed E-state index contributed by atoms with van der Waals surface area (Å²) in [6.07, 6.45) is 3.42. The van der Waals surface area contributed by atoms with Gasteiger partial charge in [0.15, 0.2) is 5.69 Å². The molecule has 0 aliphatic heterocycles. The number of hydrogen-bond donors (Lipinski definition) is 0. The van der Waals surface area contributed by atoms with Gasteiger partial charge in [0.1, 0.15) is 0 Å². The third-order valence-corrected chi connectivity index (χ3v) is 3.28. The highest BCUT2D eigenvalue weighted by atomic mass is 16.6. The number of benzene rings is 2. The van der Waals surface area contributed by atoms with E-state index in [1.54, 1.807) is 6.08 Å². The normalized spacial score (nSPS) is 11.3. The topological polar surface area (TPSA) is 69.2 Å². The van der Waals surface area contributed by atoms with Gasteiger partial charge in [-0.05, 0) is 22.4 Å². The Bertz CT molecular complexity index is 844. The van der Waals surface area contributed by atoms with Crippen molar-refractivity contribution >= 4 is 28.6 Å². The fraction of sp³-hybridized carbons (Fsp3) is 0.0625. The first-order valence-electron chi connectivity index (χ1n) is 6.43. The summed E-state index contributed by atoms with van der Waals surface area (Å²) in [6, 6.07) is 13.9. The molecule has 21 heavy (non-hydrogen) atoms. The average Bonchev–Trinajstić information content (AvgIpc) is 2.86. The van der Waals surface area contributed by atoms with E-state index in [0.29, 0.717) is 0 Å². The molecule has 5 nitrogen and oxygen atoms in total. The first kappa shape index (κ1) is 13.1. The summed E-state index contributed by atoms with van der Waals surface area (Å²) in [6.45, 7) is 1.53. The van der Waals surface area contributed by atoms with E-state index in [2.05, 4.69) is 5.16 Å². The summed E-state index contributed by atoms with van der Waals surface area (Å²) in [5.41, 5.74) is 1.11. The molecular weight excluding hydrogens is 268 g/mol. The van der Waals surface area contributed by atoms with Gasteiger partial charge in [0.05, 0.1) is 4.92 Å². The average molecular weight is 280 g/mol. The van der Waals surface area contributed by atoms with Gasteiger partial charge < -0.3 is 4.52 Å². The molecule has 0 fully saturated rings. The fourth-order valence-corrected chi connectivity index (χ4v) is 2.28. The van der Waals surface area contributed by atoms with Gasteiger partial charge in [0.25, 0.3) is 0 Å². The van der Waals surface area contributed by atoms with E-state index in [1.807, 2.05) is 48.5 Å². The van der Waals surface area contributed by atoms with Crippen LogP contribution in [0.4, 0.5) is 5.69 Å². The van der Waals surface area contributed by atoms with Crippen molar-refractivity contribution in [3.8, 4) is 0 Å². The van der Waals surface area contributed by atoms with E-state index in [0.717, 1.165) is 16.3 Å². The quantitative estimate of drug-likeness (QED) is 0.532. The Balaban J connectivity index is 2.05. The van der Waals surface area contributed by atoms with E-state index < -0.39 is 4.92 Å². The van der Waals surface area contributed by atoms with Crippen LogP contribution in [-0.2, 0) is 0 Å². The van der Waals surface area contributed by atoms with Crippen molar-refractivity contribution in [1.29, 1.82) is 0 Å². The molecule has 0 saturated heterocycles. The van der Waals surface area contributed by atoms with Gasteiger partial charge in [-0.1, -0.05) is 53.7 Å². The maximum atomic E-state index is 11.0. The molecule has 2 aromatic carbocycles. The maximum Gasteiger partial charge on any atom is 0.338 e. The van der Waals surface area contributed by atoms with Crippen LogP contribution in [0.5, 0.6) is 0 Å². The predicted octanol–water partition coefficient (Wildman–Crippen LogP) is 4.21. The van der Waals surface area contributed by atoms with Crippen molar-refractivity contribution in [3.63, 3.8) is 0 Å². The minimum Gasteiger partial charge on any atom is -0.354 e. The van der Waals surface area contributed by atoms with E-state index in [1.165, 1.54) is 6.92 Å². The number of nitro groups is 1. The van der Waals surface area contributed by atoms with Crippen LogP contribution in [0.25, 0.3) is 22.9 Å². The van der Waals surface area contributed by atoms with Crippen LogP contribution in [0.1, 0.15) is 17.0 Å². The van der Waals surface area contributed by atoms with Crippen molar-refractivity contribution in [2.45, 2.75) is 6.92 Å². The number of hydrogen-bond acceptors (Lipinski definition) is 4. The summed E-state index contributed by atoms with van der Waals surface area (Å²) in [5, 5.41) is 16.9. The molecule has 0 aliphatic rings. The number of fused-ring (bicyclic) bond motifs is 1. The van der Waals surface area contributed by atoms with Crippen molar-refractivity contribution in [2.75, 3.05) is 0 Å². The number of aromatic nitrogens is 1. The second-order valence-corrected chi connectivity index (χ2v) is 4.63. The Morgan fingerprint density at radius 2 is 1.90 bits per heavy atom. The molecule has 5 heteroatoms. The van der Waals surface area contributed by atoms with Gasteiger partial charge in [0, 0.05) is 6.92 Å². The summed E-state index contributed by atoms with van der Waals surface area (Å²) in [5.74, 6) is 0.206. The standard InChI is InChI=1S/C16H12N2O3/c1-11-16(18(19)20)15(17-21-11)10-9-13-7-4-6-12-5-2-3-8-14(12)13/h2-10H,1H3. The first-order chi connectivity index (χ1) is 10.2. The summed E-state index contributed by atoms with van der Waals surface area (Å²) >= 11 is 0. The van der Waals surface area contributed by atoms with Crippen LogP contribution in [0, 0.1) is 17.0 Å². The number of nitrogens with zero attached hydrogens (tertiary/aromatic N) is 2. The highest BCUT2D eigenvalue weighted by molar-refractivity contribution is 5.92. The van der Waals surface area contributed by atoms with Gasteiger partial charge in [-0.3, -0.25) is 10.1 Å². The van der Waals surface area contributed by atoms with E-state index >= 15 is 0 Å². The second kappa shape index (κ2) is 5.20. The summed E-state index contributed by atoms with van der Waals surface area (Å²) < 4.78 is 4.89. The fourth-order valence-electron chi connectivity index (χ4n) is 2.28. The minimum absolute atomic E-state index is 0.0912. The summed E-state index contributed by atoms with van der Waals surface area (Å²) in [7, 11) is 0. The van der Waals surface area contributed by atoms with Gasteiger partial charge in [-0.25, -0.2) is 0 Å². The largest absolute Gasteiger partial charge is 0.354 e. The Hall–Kier alpha value is -2.95. The molecule has 0 atom stereocenters. The second-order valence-electron chi connectivity index (χ2n) is 4.63. The van der Waals surface area contributed by atoms with Gasteiger partial charge >= 0.3 is 5.69 Å². The molecule has 3 rings (SSSR count). The lowest BCUT2D eigenvalue weighted by atomic mass is 10.0. The zero-order valence-corrected chi connectivity index (χ0v) is 11.3. The zero-order valence-electron chi connectivity index (χ0n) is 11.3. The molecule has 1 heterocycles. The third-order valence-electron chi connectivity index (χ3n) is 3.28. The van der Waals surface area contributed by atoms with E-state index in [-0.39, 0.29) is 17.1 Å². The van der Waals surface area contributed by atoms with Gasteiger partial charge in [-0.2, -0.15) is 0 Å². The van der Waals surface area contributed by atoms with Crippen molar-refractivity contribution in [3.05, 3.63) is 69.6 Å². The van der Waals surface area contributed by atoms with E-state index in [9.17, 15) is 10.1 Å².